The Labute approximate surface area is 102 Å². The first-order valence-electron chi connectivity index (χ1n) is 4.94. The van der Waals surface area contributed by atoms with Crippen LogP contribution in [0.5, 0.6) is 0 Å². The lowest BCUT2D eigenvalue weighted by molar-refractivity contribution is 0.760. The zero-order valence-electron chi connectivity index (χ0n) is 7.89. The highest BCUT2D eigenvalue weighted by atomic mass is 79.9. The normalized spacial score (nSPS) is 15.6. The van der Waals surface area contributed by atoms with Crippen LogP contribution >= 0.6 is 31.9 Å². The van der Waals surface area contributed by atoms with E-state index in [4.69, 9.17) is 0 Å². The van der Waals surface area contributed by atoms with Crippen molar-refractivity contribution in [3.8, 4) is 0 Å². The minimum atomic E-state index is 0.997. The summed E-state index contributed by atoms with van der Waals surface area (Å²) in [5, 5.41) is 3.44. The maximum Gasteiger partial charge on any atom is 0.0485 e. The van der Waals surface area contributed by atoms with E-state index >= 15 is 0 Å². The van der Waals surface area contributed by atoms with Gasteiger partial charge in [-0.15, -0.1) is 0 Å². The smallest absolute Gasteiger partial charge is 0.0485 e. The monoisotopic (exact) mass is 317 g/mol. The molecule has 0 bridgehead atoms. The van der Waals surface area contributed by atoms with Gasteiger partial charge in [-0.2, -0.15) is 0 Å². The highest BCUT2D eigenvalue weighted by Gasteiger charge is 2.20. The summed E-state index contributed by atoms with van der Waals surface area (Å²) in [7, 11) is 0. The fourth-order valence-electron chi connectivity index (χ4n) is 1.45. The first-order valence-corrected chi connectivity index (χ1v) is 6.53. The van der Waals surface area contributed by atoms with E-state index in [0.29, 0.717) is 0 Å². The van der Waals surface area contributed by atoms with E-state index in [2.05, 4.69) is 55.4 Å². The summed E-state index contributed by atoms with van der Waals surface area (Å²) in [6.07, 6.45) is 4.18. The number of anilines is 1. The predicted molar refractivity (Wildman–Crippen MR) is 67.7 cm³/mol. The number of hydrogen-bond donors (Lipinski definition) is 1. The third-order valence-electron chi connectivity index (χ3n) is 2.50. The summed E-state index contributed by atoms with van der Waals surface area (Å²) in [4.78, 5) is 0. The van der Waals surface area contributed by atoms with Crippen LogP contribution < -0.4 is 5.32 Å². The maximum atomic E-state index is 3.54. The zero-order chi connectivity index (χ0) is 9.97. The van der Waals surface area contributed by atoms with E-state index in [0.717, 1.165) is 21.4 Å². The van der Waals surface area contributed by atoms with Gasteiger partial charge in [-0.25, -0.2) is 0 Å². The van der Waals surface area contributed by atoms with Gasteiger partial charge < -0.3 is 5.32 Å². The van der Waals surface area contributed by atoms with Crippen molar-refractivity contribution in [3.05, 3.63) is 27.1 Å². The Kier molecular flexibility index (Phi) is 3.50. The van der Waals surface area contributed by atoms with E-state index in [1.807, 2.05) is 0 Å². The molecule has 0 heterocycles. The van der Waals surface area contributed by atoms with Gasteiger partial charge in [-0.3, -0.25) is 0 Å². The molecule has 0 spiro atoms. The molecule has 0 amide bonds. The summed E-state index contributed by atoms with van der Waals surface area (Å²) in [5.74, 6) is 0.997. The molecule has 1 aliphatic carbocycles. The van der Waals surface area contributed by atoms with Gasteiger partial charge in [0.25, 0.3) is 0 Å². The van der Waals surface area contributed by atoms with Gasteiger partial charge in [-0.1, -0.05) is 28.8 Å². The molecule has 0 unspecified atom stereocenters. The maximum absolute atomic E-state index is 3.54. The average Bonchev–Trinajstić information content (AvgIpc) is 2.92. The second kappa shape index (κ2) is 4.67. The van der Waals surface area contributed by atoms with E-state index in [9.17, 15) is 0 Å². The van der Waals surface area contributed by atoms with Crippen LogP contribution in [-0.4, -0.2) is 6.54 Å². The molecule has 2 rings (SSSR count). The second-order valence-electron chi connectivity index (χ2n) is 3.78. The molecule has 1 aromatic rings. The lowest BCUT2D eigenvalue weighted by Crippen LogP contribution is -2.02. The standard InChI is InChI=1S/C11H13Br2N/c12-9-3-4-11(10(13)7-9)14-6-5-8-1-2-8/h3-4,7-8,14H,1-2,5-6H2. The van der Waals surface area contributed by atoms with Gasteiger partial charge in [-0.05, 0) is 46.5 Å². The molecule has 0 aromatic heterocycles. The summed E-state index contributed by atoms with van der Waals surface area (Å²) >= 11 is 6.98. The lowest BCUT2D eigenvalue weighted by atomic mass is 10.2. The second-order valence-corrected chi connectivity index (χ2v) is 5.55. The van der Waals surface area contributed by atoms with Crippen molar-refractivity contribution in [3.63, 3.8) is 0 Å². The van der Waals surface area contributed by atoms with Crippen LogP contribution in [0.15, 0.2) is 27.1 Å². The Balaban J connectivity index is 1.87. The highest BCUT2D eigenvalue weighted by molar-refractivity contribution is 9.11. The molecule has 1 nitrogen and oxygen atoms in total. The van der Waals surface area contributed by atoms with Crippen molar-refractivity contribution >= 4 is 37.5 Å². The summed E-state index contributed by atoms with van der Waals surface area (Å²) in [6.45, 7) is 1.09. The first-order chi connectivity index (χ1) is 6.75. The molecule has 0 aliphatic heterocycles. The molecule has 0 saturated heterocycles. The number of nitrogens with one attached hydrogen (secondary N) is 1. The Morgan fingerprint density at radius 1 is 1.29 bits per heavy atom. The topological polar surface area (TPSA) is 12.0 Å². The van der Waals surface area contributed by atoms with Gasteiger partial charge in [0.15, 0.2) is 0 Å². The molecule has 1 N–H and O–H groups in total. The Hall–Kier alpha value is -0.0200. The molecule has 0 radical (unpaired) electrons. The fraction of sp³-hybridized carbons (Fsp3) is 0.455. The van der Waals surface area contributed by atoms with Crippen molar-refractivity contribution < 1.29 is 0 Å². The Morgan fingerprint density at radius 2 is 2.07 bits per heavy atom. The largest absolute Gasteiger partial charge is 0.384 e. The first kappa shape index (κ1) is 10.5. The highest BCUT2D eigenvalue weighted by Crippen LogP contribution is 2.32. The molecule has 1 saturated carbocycles. The molecular weight excluding hydrogens is 306 g/mol. The van der Waals surface area contributed by atoms with E-state index in [-0.39, 0.29) is 0 Å². The summed E-state index contributed by atoms with van der Waals surface area (Å²) in [5.41, 5.74) is 1.19. The van der Waals surface area contributed by atoms with Crippen LogP contribution in [0.1, 0.15) is 19.3 Å². The Morgan fingerprint density at radius 3 is 2.71 bits per heavy atom. The van der Waals surface area contributed by atoms with Crippen LogP contribution in [-0.2, 0) is 0 Å². The molecule has 3 heteroatoms. The third-order valence-corrected chi connectivity index (χ3v) is 3.65. The average molecular weight is 319 g/mol. The molecular formula is C11H13Br2N. The molecule has 1 aromatic carbocycles. The minimum absolute atomic E-state index is 0.997. The van der Waals surface area contributed by atoms with Crippen LogP contribution in [0.2, 0.25) is 0 Å². The van der Waals surface area contributed by atoms with Crippen molar-refractivity contribution in [2.24, 2.45) is 5.92 Å². The molecule has 76 valence electrons. The number of hydrogen-bond acceptors (Lipinski definition) is 1. The molecule has 1 aliphatic rings. The van der Waals surface area contributed by atoms with Gasteiger partial charge in [0, 0.05) is 21.2 Å². The van der Waals surface area contributed by atoms with Crippen molar-refractivity contribution in [2.75, 3.05) is 11.9 Å². The van der Waals surface area contributed by atoms with Gasteiger partial charge in [0.1, 0.15) is 0 Å². The van der Waals surface area contributed by atoms with Gasteiger partial charge in [0.2, 0.25) is 0 Å². The fourth-order valence-corrected chi connectivity index (χ4v) is 2.64. The molecule has 0 atom stereocenters. The SMILES string of the molecule is Brc1ccc(NCCC2CC2)c(Br)c1. The third kappa shape index (κ3) is 2.99. The zero-order valence-corrected chi connectivity index (χ0v) is 11.1. The van der Waals surface area contributed by atoms with Crippen molar-refractivity contribution in [1.82, 2.24) is 0 Å². The predicted octanol–water partition coefficient (Wildman–Crippen LogP) is 4.42. The lowest BCUT2D eigenvalue weighted by Gasteiger charge is -2.08. The number of benzene rings is 1. The van der Waals surface area contributed by atoms with Gasteiger partial charge in [0.05, 0.1) is 0 Å². The van der Waals surface area contributed by atoms with Crippen LogP contribution in [0.3, 0.4) is 0 Å². The molecule has 14 heavy (non-hydrogen) atoms. The van der Waals surface area contributed by atoms with Crippen LogP contribution in [0.4, 0.5) is 5.69 Å². The number of rotatable bonds is 4. The van der Waals surface area contributed by atoms with Crippen LogP contribution in [0, 0.1) is 5.92 Å². The summed E-state index contributed by atoms with van der Waals surface area (Å²) < 4.78 is 2.24. The minimum Gasteiger partial charge on any atom is -0.384 e. The molecule has 1 fully saturated rings. The number of halogens is 2. The quantitative estimate of drug-likeness (QED) is 0.866. The van der Waals surface area contributed by atoms with Gasteiger partial charge >= 0.3 is 0 Å². The summed E-state index contributed by atoms with van der Waals surface area (Å²) in [6, 6.07) is 6.23. The van der Waals surface area contributed by atoms with E-state index in [1.165, 1.54) is 24.9 Å². The van der Waals surface area contributed by atoms with Crippen LogP contribution in [0.25, 0.3) is 0 Å². The van der Waals surface area contributed by atoms with E-state index < -0.39 is 0 Å². The van der Waals surface area contributed by atoms with Crippen molar-refractivity contribution in [1.29, 1.82) is 0 Å². The van der Waals surface area contributed by atoms with E-state index in [1.54, 1.807) is 0 Å². The van der Waals surface area contributed by atoms with Crippen molar-refractivity contribution in [2.45, 2.75) is 19.3 Å². The Bertz CT molecular complexity index is 321.